The number of ether oxygens (including phenoxy) is 2. The molecule has 1 aliphatic carbocycles. The molecule has 1 fully saturated rings. The van der Waals surface area contributed by atoms with Crippen LogP contribution < -0.4 is 14.8 Å². The van der Waals surface area contributed by atoms with Crippen molar-refractivity contribution in [3.05, 3.63) is 57.3 Å². The number of rotatable bonds is 8. The van der Waals surface area contributed by atoms with Gasteiger partial charge in [-0.1, -0.05) is 29.3 Å². The highest BCUT2D eigenvalue weighted by Crippen LogP contribution is 2.35. The Kier molecular flexibility index (Phi) is 6.05. The van der Waals surface area contributed by atoms with Crippen molar-refractivity contribution >= 4 is 23.2 Å². The average Bonchev–Trinajstić information content (AvgIpc) is 3.40. The van der Waals surface area contributed by atoms with E-state index in [0.717, 1.165) is 5.56 Å². The summed E-state index contributed by atoms with van der Waals surface area (Å²) in [6, 6.07) is 8.72. The van der Waals surface area contributed by atoms with Crippen LogP contribution in [-0.2, 0) is 13.2 Å². The average molecular weight is 384 g/mol. The minimum Gasteiger partial charge on any atom is -0.490 e. The van der Waals surface area contributed by atoms with Crippen molar-refractivity contribution in [1.82, 2.24) is 5.32 Å². The lowest BCUT2D eigenvalue weighted by Gasteiger charge is -2.16. The largest absolute Gasteiger partial charge is 0.490 e. The lowest BCUT2D eigenvalue weighted by molar-refractivity contribution is 0.265. The van der Waals surface area contributed by atoms with Gasteiger partial charge in [0.25, 0.3) is 0 Å². The molecule has 3 rings (SSSR count). The molecule has 0 atom stereocenters. The molecule has 0 unspecified atom stereocenters. The van der Waals surface area contributed by atoms with E-state index in [1.54, 1.807) is 18.2 Å². The SMILES string of the molecule is CCOc1cc(CNC2CC2)c(Cl)cc1OCc1c(F)cccc1Cl. The van der Waals surface area contributed by atoms with Gasteiger partial charge in [-0.05, 0) is 43.5 Å². The monoisotopic (exact) mass is 383 g/mol. The van der Waals surface area contributed by atoms with Crippen molar-refractivity contribution in [3.8, 4) is 11.5 Å². The maximum Gasteiger partial charge on any atom is 0.163 e. The van der Waals surface area contributed by atoms with Crippen LogP contribution in [0, 0.1) is 5.82 Å². The topological polar surface area (TPSA) is 30.5 Å². The van der Waals surface area contributed by atoms with Gasteiger partial charge < -0.3 is 14.8 Å². The molecule has 0 amide bonds. The smallest absolute Gasteiger partial charge is 0.163 e. The van der Waals surface area contributed by atoms with Crippen LogP contribution in [0.4, 0.5) is 4.39 Å². The Hall–Kier alpha value is -1.49. The van der Waals surface area contributed by atoms with Crippen LogP contribution in [0.3, 0.4) is 0 Å². The van der Waals surface area contributed by atoms with Gasteiger partial charge in [0.05, 0.1) is 11.6 Å². The summed E-state index contributed by atoms with van der Waals surface area (Å²) in [4.78, 5) is 0. The van der Waals surface area contributed by atoms with E-state index >= 15 is 0 Å². The summed E-state index contributed by atoms with van der Waals surface area (Å²) in [6.07, 6.45) is 2.42. The van der Waals surface area contributed by atoms with E-state index in [1.165, 1.54) is 18.9 Å². The van der Waals surface area contributed by atoms with Crippen LogP contribution in [0.2, 0.25) is 10.0 Å². The van der Waals surface area contributed by atoms with Crippen molar-refractivity contribution in [2.75, 3.05) is 6.61 Å². The number of benzene rings is 2. The molecule has 2 aromatic rings. The van der Waals surface area contributed by atoms with Crippen molar-refractivity contribution in [1.29, 1.82) is 0 Å². The number of hydrogen-bond donors (Lipinski definition) is 1. The van der Waals surface area contributed by atoms with E-state index in [4.69, 9.17) is 32.7 Å². The second-order valence-electron chi connectivity index (χ2n) is 5.97. The summed E-state index contributed by atoms with van der Waals surface area (Å²) in [6.45, 7) is 3.08. The van der Waals surface area contributed by atoms with Crippen molar-refractivity contribution in [3.63, 3.8) is 0 Å². The van der Waals surface area contributed by atoms with Crippen LogP contribution in [-0.4, -0.2) is 12.6 Å². The van der Waals surface area contributed by atoms with Crippen LogP contribution in [0.5, 0.6) is 11.5 Å². The zero-order chi connectivity index (χ0) is 17.8. The maximum absolute atomic E-state index is 13.9. The van der Waals surface area contributed by atoms with Crippen molar-refractivity contribution in [2.45, 2.75) is 39.0 Å². The first-order chi connectivity index (χ1) is 12.1. The highest BCUT2D eigenvalue weighted by molar-refractivity contribution is 6.31. The fourth-order valence-electron chi connectivity index (χ4n) is 2.46. The second kappa shape index (κ2) is 8.26. The van der Waals surface area contributed by atoms with E-state index in [0.29, 0.717) is 46.3 Å². The number of hydrogen-bond acceptors (Lipinski definition) is 3. The molecule has 0 spiro atoms. The van der Waals surface area contributed by atoms with E-state index in [1.807, 2.05) is 13.0 Å². The normalized spacial score (nSPS) is 13.8. The van der Waals surface area contributed by atoms with Gasteiger partial charge in [0.1, 0.15) is 12.4 Å². The number of halogens is 3. The molecule has 0 radical (unpaired) electrons. The zero-order valence-corrected chi connectivity index (χ0v) is 15.5. The summed E-state index contributed by atoms with van der Waals surface area (Å²) in [7, 11) is 0. The molecule has 1 saturated carbocycles. The van der Waals surface area contributed by atoms with Gasteiger partial charge in [-0.25, -0.2) is 4.39 Å². The Morgan fingerprint density at radius 2 is 1.88 bits per heavy atom. The first kappa shape index (κ1) is 18.3. The summed E-state index contributed by atoms with van der Waals surface area (Å²) in [5.41, 5.74) is 1.26. The first-order valence-corrected chi connectivity index (χ1v) is 9.08. The van der Waals surface area contributed by atoms with Gasteiger partial charge >= 0.3 is 0 Å². The van der Waals surface area contributed by atoms with Crippen molar-refractivity contribution in [2.24, 2.45) is 0 Å². The maximum atomic E-state index is 13.9. The molecule has 134 valence electrons. The van der Waals surface area contributed by atoms with E-state index in [2.05, 4.69) is 5.32 Å². The lowest BCUT2D eigenvalue weighted by Crippen LogP contribution is -2.15. The van der Waals surface area contributed by atoms with Gasteiger partial charge in [0.15, 0.2) is 11.5 Å². The third-order valence-corrected chi connectivity index (χ3v) is 4.71. The van der Waals surface area contributed by atoms with Crippen LogP contribution in [0.15, 0.2) is 30.3 Å². The summed E-state index contributed by atoms with van der Waals surface area (Å²) >= 11 is 12.4. The summed E-state index contributed by atoms with van der Waals surface area (Å²) < 4.78 is 25.3. The van der Waals surface area contributed by atoms with Crippen molar-refractivity contribution < 1.29 is 13.9 Å². The third-order valence-electron chi connectivity index (χ3n) is 4.00. The minimum absolute atomic E-state index is 0.00157. The fraction of sp³-hybridized carbons (Fsp3) is 0.368. The van der Waals surface area contributed by atoms with Gasteiger partial charge in [-0.3, -0.25) is 0 Å². The van der Waals surface area contributed by atoms with E-state index < -0.39 is 5.82 Å². The van der Waals surface area contributed by atoms with Gasteiger partial charge in [0.2, 0.25) is 0 Å². The van der Waals surface area contributed by atoms with Gasteiger partial charge in [0, 0.05) is 29.2 Å². The molecule has 25 heavy (non-hydrogen) atoms. The van der Waals surface area contributed by atoms with Gasteiger partial charge in [-0.2, -0.15) is 0 Å². The molecule has 0 saturated heterocycles. The molecule has 0 aliphatic heterocycles. The Morgan fingerprint density at radius 1 is 1.12 bits per heavy atom. The molecule has 3 nitrogen and oxygen atoms in total. The molecule has 1 aliphatic rings. The minimum atomic E-state index is -0.401. The lowest BCUT2D eigenvalue weighted by atomic mass is 10.2. The molecule has 0 bridgehead atoms. The molecule has 2 aromatic carbocycles. The molecule has 6 heteroatoms. The number of nitrogens with one attached hydrogen (secondary N) is 1. The second-order valence-corrected chi connectivity index (χ2v) is 6.78. The molecule has 0 heterocycles. The molecule has 1 N–H and O–H groups in total. The predicted octanol–water partition coefficient (Wildman–Crippen LogP) is 5.36. The zero-order valence-electron chi connectivity index (χ0n) is 14.0. The highest BCUT2D eigenvalue weighted by atomic mass is 35.5. The quantitative estimate of drug-likeness (QED) is 0.665. The molecule has 0 aromatic heterocycles. The molecular weight excluding hydrogens is 364 g/mol. The summed E-state index contributed by atoms with van der Waals surface area (Å²) in [5, 5.41) is 4.34. The first-order valence-electron chi connectivity index (χ1n) is 8.32. The van der Waals surface area contributed by atoms with E-state index in [-0.39, 0.29) is 6.61 Å². The van der Waals surface area contributed by atoms with Crippen LogP contribution in [0.1, 0.15) is 30.9 Å². The van der Waals surface area contributed by atoms with E-state index in [9.17, 15) is 4.39 Å². The summed E-state index contributed by atoms with van der Waals surface area (Å²) in [5.74, 6) is 0.662. The van der Waals surface area contributed by atoms with Crippen LogP contribution >= 0.6 is 23.2 Å². The molecular formula is C19H20Cl2FNO2. The van der Waals surface area contributed by atoms with Gasteiger partial charge in [-0.15, -0.1) is 0 Å². The standard InChI is InChI=1S/C19H20Cl2FNO2/c1-2-24-18-8-12(10-23-13-6-7-13)16(21)9-19(18)25-11-14-15(20)4-3-5-17(14)22/h3-5,8-9,13,23H,2,6-7,10-11H2,1H3. The Balaban J connectivity index is 1.77. The third kappa shape index (κ3) is 4.78. The predicted molar refractivity (Wildman–Crippen MR) is 98.2 cm³/mol. The Labute approximate surface area is 157 Å². The Bertz CT molecular complexity index is 730. The van der Waals surface area contributed by atoms with Crippen LogP contribution in [0.25, 0.3) is 0 Å². The highest BCUT2D eigenvalue weighted by Gasteiger charge is 2.21. The Morgan fingerprint density at radius 3 is 2.56 bits per heavy atom. The fourth-order valence-corrected chi connectivity index (χ4v) is 2.89.